The number of carbonyl (C=O) groups excluding carboxylic acids is 1. The van der Waals surface area contributed by atoms with Gasteiger partial charge in [0.2, 0.25) is 0 Å². The van der Waals surface area contributed by atoms with E-state index in [9.17, 15) is 15.0 Å². The molecule has 2 N–H and O–H groups in total. The van der Waals surface area contributed by atoms with Crippen molar-refractivity contribution in [1.82, 2.24) is 0 Å². The molecule has 0 bridgehead atoms. The van der Waals surface area contributed by atoms with E-state index in [-0.39, 0.29) is 0 Å². The lowest BCUT2D eigenvalue weighted by Crippen LogP contribution is -2.29. The minimum Gasteiger partial charge on any atom is -0.467 e. The van der Waals surface area contributed by atoms with E-state index in [1.54, 1.807) is 12.1 Å². The normalized spacial score (nSPS) is 14.3. The molecule has 0 aliphatic heterocycles. The van der Waals surface area contributed by atoms with E-state index in [0.29, 0.717) is 5.56 Å². The van der Waals surface area contributed by atoms with Crippen molar-refractivity contribution >= 4 is 21.9 Å². The summed E-state index contributed by atoms with van der Waals surface area (Å²) in [7, 11) is 1.16. The summed E-state index contributed by atoms with van der Waals surface area (Å²) in [6.45, 7) is 1.85. The van der Waals surface area contributed by atoms with Gasteiger partial charge in [-0.05, 0) is 30.2 Å². The van der Waals surface area contributed by atoms with Gasteiger partial charge >= 0.3 is 5.97 Å². The number of hydrogen-bond acceptors (Lipinski definition) is 4. The SMILES string of the molecule is COC(=O)C(O)C(O)c1cc(C)cc(Br)c1. The van der Waals surface area contributed by atoms with Crippen LogP contribution < -0.4 is 0 Å². The van der Waals surface area contributed by atoms with Crippen molar-refractivity contribution in [3.05, 3.63) is 33.8 Å². The largest absolute Gasteiger partial charge is 0.467 e. The number of aliphatic hydroxyl groups is 2. The third kappa shape index (κ3) is 3.04. The minimum absolute atomic E-state index is 0.463. The van der Waals surface area contributed by atoms with Gasteiger partial charge in [0.1, 0.15) is 6.10 Å². The van der Waals surface area contributed by atoms with Crippen molar-refractivity contribution in [2.75, 3.05) is 7.11 Å². The fourth-order valence-corrected chi connectivity index (χ4v) is 1.99. The van der Waals surface area contributed by atoms with Crippen LogP contribution in [-0.2, 0) is 9.53 Å². The topological polar surface area (TPSA) is 66.8 Å². The molecule has 0 aliphatic carbocycles. The van der Waals surface area contributed by atoms with E-state index >= 15 is 0 Å². The van der Waals surface area contributed by atoms with Gasteiger partial charge in [0.15, 0.2) is 6.10 Å². The summed E-state index contributed by atoms with van der Waals surface area (Å²) in [4.78, 5) is 11.1. The van der Waals surface area contributed by atoms with Gasteiger partial charge in [0.05, 0.1) is 7.11 Å². The Morgan fingerprint density at radius 3 is 2.50 bits per heavy atom. The highest BCUT2D eigenvalue weighted by Gasteiger charge is 2.26. The first-order valence-corrected chi connectivity index (χ1v) is 5.46. The lowest BCUT2D eigenvalue weighted by molar-refractivity contribution is -0.156. The summed E-state index contributed by atoms with van der Waals surface area (Å²) in [5.41, 5.74) is 1.38. The molecule has 1 aromatic carbocycles. The Morgan fingerprint density at radius 2 is 2.00 bits per heavy atom. The third-order valence-electron chi connectivity index (χ3n) is 2.15. The quantitative estimate of drug-likeness (QED) is 0.824. The van der Waals surface area contributed by atoms with Gasteiger partial charge in [-0.2, -0.15) is 0 Å². The van der Waals surface area contributed by atoms with Crippen LogP contribution in [-0.4, -0.2) is 29.4 Å². The van der Waals surface area contributed by atoms with Crippen molar-refractivity contribution in [3.8, 4) is 0 Å². The number of esters is 1. The fraction of sp³-hybridized carbons (Fsp3) is 0.364. The van der Waals surface area contributed by atoms with Gasteiger partial charge in [-0.3, -0.25) is 0 Å². The highest BCUT2D eigenvalue weighted by molar-refractivity contribution is 9.10. The Labute approximate surface area is 102 Å². The standard InChI is InChI=1S/C11H13BrO4/c1-6-3-7(5-8(12)4-6)9(13)10(14)11(15)16-2/h3-5,9-10,13-14H,1-2H3. The molecule has 2 atom stereocenters. The Kier molecular flexibility index (Phi) is 4.46. The number of rotatable bonds is 3. The van der Waals surface area contributed by atoms with Crippen LogP contribution in [0.25, 0.3) is 0 Å². The lowest BCUT2D eigenvalue weighted by Gasteiger charge is -2.16. The molecule has 1 aromatic rings. The number of aliphatic hydroxyl groups excluding tert-OH is 2. The van der Waals surface area contributed by atoms with Gasteiger partial charge in [-0.15, -0.1) is 0 Å². The Hall–Kier alpha value is -0.910. The molecule has 0 saturated heterocycles. The fourth-order valence-electron chi connectivity index (χ4n) is 1.37. The monoisotopic (exact) mass is 288 g/mol. The van der Waals surface area contributed by atoms with E-state index in [2.05, 4.69) is 20.7 Å². The van der Waals surface area contributed by atoms with E-state index in [4.69, 9.17) is 0 Å². The molecule has 0 amide bonds. The third-order valence-corrected chi connectivity index (χ3v) is 2.61. The van der Waals surface area contributed by atoms with E-state index < -0.39 is 18.2 Å². The minimum atomic E-state index is -1.57. The van der Waals surface area contributed by atoms with Crippen LogP contribution in [0, 0.1) is 6.92 Å². The zero-order valence-corrected chi connectivity index (χ0v) is 10.6. The molecule has 16 heavy (non-hydrogen) atoms. The van der Waals surface area contributed by atoms with E-state index in [1.165, 1.54) is 0 Å². The number of aryl methyl sites for hydroxylation is 1. The molecule has 0 aliphatic rings. The number of halogens is 1. The zero-order valence-electron chi connectivity index (χ0n) is 8.98. The number of hydrogen-bond donors (Lipinski definition) is 2. The molecular weight excluding hydrogens is 276 g/mol. The first-order valence-electron chi connectivity index (χ1n) is 4.66. The van der Waals surface area contributed by atoms with Crippen LogP contribution in [0.5, 0.6) is 0 Å². The smallest absolute Gasteiger partial charge is 0.337 e. The predicted octanol–water partition coefficient (Wildman–Crippen LogP) is 1.32. The second kappa shape index (κ2) is 5.43. The first-order chi connectivity index (χ1) is 7.45. The van der Waals surface area contributed by atoms with Crippen LogP contribution in [0.2, 0.25) is 0 Å². The van der Waals surface area contributed by atoms with E-state index in [0.717, 1.165) is 17.1 Å². The molecule has 0 fully saturated rings. The molecule has 5 heteroatoms. The summed E-state index contributed by atoms with van der Waals surface area (Å²) in [6, 6.07) is 5.20. The lowest BCUT2D eigenvalue weighted by atomic mass is 10.0. The van der Waals surface area contributed by atoms with Crippen molar-refractivity contribution in [3.63, 3.8) is 0 Å². The van der Waals surface area contributed by atoms with Crippen molar-refractivity contribution in [2.45, 2.75) is 19.1 Å². The highest BCUT2D eigenvalue weighted by Crippen LogP contribution is 2.23. The second-order valence-corrected chi connectivity index (χ2v) is 4.39. The average Bonchev–Trinajstić information content (AvgIpc) is 2.24. The maximum Gasteiger partial charge on any atom is 0.337 e. The van der Waals surface area contributed by atoms with Gasteiger partial charge in [0.25, 0.3) is 0 Å². The van der Waals surface area contributed by atoms with Crippen molar-refractivity contribution in [2.24, 2.45) is 0 Å². The maximum absolute atomic E-state index is 11.1. The predicted molar refractivity (Wildman–Crippen MR) is 61.9 cm³/mol. The summed E-state index contributed by atoms with van der Waals surface area (Å²) >= 11 is 3.28. The first kappa shape index (κ1) is 13.2. The van der Waals surface area contributed by atoms with Crippen LogP contribution in [0.4, 0.5) is 0 Å². The van der Waals surface area contributed by atoms with Crippen molar-refractivity contribution < 1.29 is 19.7 Å². The van der Waals surface area contributed by atoms with Gasteiger partial charge < -0.3 is 14.9 Å². The number of carbonyl (C=O) groups is 1. The maximum atomic E-state index is 11.1. The summed E-state index contributed by atoms with van der Waals surface area (Å²) < 4.78 is 5.13. The molecule has 1 rings (SSSR count). The molecule has 4 nitrogen and oxygen atoms in total. The molecular formula is C11H13BrO4. The molecule has 88 valence electrons. The summed E-state index contributed by atoms with van der Waals surface area (Å²) in [5.74, 6) is -0.856. The van der Waals surface area contributed by atoms with Gasteiger partial charge in [0, 0.05) is 4.47 Å². The molecule has 0 aromatic heterocycles. The van der Waals surface area contributed by atoms with Crippen LogP contribution in [0.1, 0.15) is 17.2 Å². The molecule has 0 spiro atoms. The van der Waals surface area contributed by atoms with Crippen LogP contribution >= 0.6 is 15.9 Å². The molecule has 2 unspecified atom stereocenters. The Balaban J connectivity index is 2.95. The molecule has 0 heterocycles. The zero-order chi connectivity index (χ0) is 12.3. The molecule has 0 saturated carbocycles. The number of ether oxygens (including phenoxy) is 1. The Bertz CT molecular complexity index is 371. The van der Waals surface area contributed by atoms with Crippen LogP contribution in [0.3, 0.4) is 0 Å². The average molecular weight is 289 g/mol. The van der Waals surface area contributed by atoms with E-state index in [1.807, 2.05) is 13.0 Å². The molecule has 0 radical (unpaired) electrons. The second-order valence-electron chi connectivity index (χ2n) is 3.47. The van der Waals surface area contributed by atoms with Crippen molar-refractivity contribution in [1.29, 1.82) is 0 Å². The van der Waals surface area contributed by atoms with Gasteiger partial charge in [-0.1, -0.05) is 22.0 Å². The number of methoxy groups -OCH3 is 1. The summed E-state index contributed by atoms with van der Waals surface area (Å²) in [6.07, 6.45) is -2.86. The van der Waals surface area contributed by atoms with Gasteiger partial charge in [-0.25, -0.2) is 4.79 Å². The Morgan fingerprint density at radius 1 is 1.38 bits per heavy atom. The highest BCUT2D eigenvalue weighted by atomic mass is 79.9. The summed E-state index contributed by atoms with van der Waals surface area (Å²) in [5, 5.41) is 19.2. The number of benzene rings is 1. The van der Waals surface area contributed by atoms with Crippen LogP contribution in [0.15, 0.2) is 22.7 Å².